The number of hydrogen-bond acceptors (Lipinski definition) is 7. The standard InChI is InChI=1S/C25H30N4O6/c1-16-8-5-6-11-19(16)27-22(32)21(17-9-7-10-18(31)14-17)29(13-12-26)23(33)20(15-30)28-24(34)35-25(2,3)4/h5-11,14,20-21,30-31H,13,15H2,1-4H3,(H,27,32)(H,28,34). The highest BCUT2D eigenvalue weighted by Crippen LogP contribution is 2.27. The summed E-state index contributed by atoms with van der Waals surface area (Å²) in [4.78, 5) is 40.0. The molecule has 10 nitrogen and oxygen atoms in total. The summed E-state index contributed by atoms with van der Waals surface area (Å²) in [5.41, 5.74) is 0.650. The van der Waals surface area contributed by atoms with Crippen LogP contribution in [0, 0.1) is 18.3 Å². The number of phenols is 1. The molecule has 4 N–H and O–H groups in total. The van der Waals surface area contributed by atoms with Gasteiger partial charge in [-0.05, 0) is 57.0 Å². The van der Waals surface area contributed by atoms with E-state index < -0.39 is 48.7 Å². The number of alkyl carbamates (subject to hydrolysis) is 1. The number of aliphatic hydroxyl groups is 1. The summed E-state index contributed by atoms with van der Waals surface area (Å²) in [6.45, 7) is 5.37. The number of nitrogens with one attached hydrogen (secondary N) is 2. The highest BCUT2D eigenvalue weighted by molar-refractivity contribution is 5.99. The molecule has 2 atom stereocenters. The molecular formula is C25H30N4O6. The van der Waals surface area contributed by atoms with Gasteiger partial charge in [-0.2, -0.15) is 5.26 Å². The first-order valence-corrected chi connectivity index (χ1v) is 10.9. The Morgan fingerprint density at radius 3 is 2.40 bits per heavy atom. The Morgan fingerprint density at radius 2 is 1.83 bits per heavy atom. The van der Waals surface area contributed by atoms with Crippen molar-refractivity contribution in [3.8, 4) is 11.8 Å². The van der Waals surface area contributed by atoms with E-state index >= 15 is 0 Å². The van der Waals surface area contributed by atoms with E-state index in [0.29, 0.717) is 5.69 Å². The van der Waals surface area contributed by atoms with Crippen LogP contribution in [0.1, 0.15) is 37.9 Å². The molecule has 2 aromatic rings. The molecule has 0 aromatic heterocycles. The maximum Gasteiger partial charge on any atom is 0.408 e. The predicted molar refractivity (Wildman–Crippen MR) is 128 cm³/mol. The smallest absolute Gasteiger partial charge is 0.408 e. The zero-order chi connectivity index (χ0) is 26.2. The lowest BCUT2D eigenvalue weighted by Crippen LogP contribution is -2.54. The van der Waals surface area contributed by atoms with Crippen LogP contribution in [0.25, 0.3) is 0 Å². The van der Waals surface area contributed by atoms with E-state index in [2.05, 4.69) is 10.6 Å². The van der Waals surface area contributed by atoms with E-state index in [1.807, 2.05) is 6.07 Å². The first-order chi connectivity index (χ1) is 16.5. The van der Waals surface area contributed by atoms with Crippen LogP contribution in [0.4, 0.5) is 10.5 Å². The molecular weight excluding hydrogens is 452 g/mol. The Morgan fingerprint density at radius 1 is 1.14 bits per heavy atom. The maximum absolute atomic E-state index is 13.4. The second-order valence-electron chi connectivity index (χ2n) is 8.81. The van der Waals surface area contributed by atoms with Gasteiger partial charge in [-0.25, -0.2) is 4.79 Å². The molecule has 10 heteroatoms. The second kappa shape index (κ2) is 11.9. The van der Waals surface area contributed by atoms with Gasteiger partial charge in [-0.15, -0.1) is 0 Å². The van der Waals surface area contributed by atoms with Crippen molar-refractivity contribution in [3.63, 3.8) is 0 Å². The molecule has 2 unspecified atom stereocenters. The Hall–Kier alpha value is -4.10. The Kier molecular flexibility index (Phi) is 9.19. The summed E-state index contributed by atoms with van der Waals surface area (Å²) in [5.74, 6) is -1.68. The molecule has 2 rings (SSSR count). The van der Waals surface area contributed by atoms with E-state index in [-0.39, 0.29) is 11.3 Å². The third-order valence-corrected chi connectivity index (χ3v) is 4.84. The van der Waals surface area contributed by atoms with Crippen molar-refractivity contribution in [3.05, 3.63) is 59.7 Å². The van der Waals surface area contributed by atoms with Gasteiger partial charge < -0.3 is 30.5 Å². The van der Waals surface area contributed by atoms with Crippen molar-refractivity contribution >= 4 is 23.6 Å². The quantitative estimate of drug-likeness (QED) is 0.422. The van der Waals surface area contributed by atoms with Crippen molar-refractivity contribution in [1.29, 1.82) is 5.26 Å². The molecule has 0 spiro atoms. The van der Waals surface area contributed by atoms with Gasteiger partial charge in [0.15, 0.2) is 0 Å². The summed E-state index contributed by atoms with van der Waals surface area (Å²) < 4.78 is 5.15. The number of carbonyl (C=O) groups excluding carboxylic acids is 3. The van der Waals surface area contributed by atoms with Gasteiger partial charge in [0.1, 0.15) is 30.0 Å². The van der Waals surface area contributed by atoms with Crippen molar-refractivity contribution in [2.45, 2.75) is 45.4 Å². The number of ether oxygens (including phenoxy) is 1. The number of aliphatic hydroxyl groups excluding tert-OH is 1. The van der Waals surface area contributed by atoms with Crippen LogP contribution in [-0.4, -0.2) is 57.8 Å². The van der Waals surface area contributed by atoms with Crippen LogP contribution >= 0.6 is 0 Å². The van der Waals surface area contributed by atoms with E-state index in [0.717, 1.165) is 10.5 Å². The van der Waals surface area contributed by atoms with Gasteiger partial charge in [0.2, 0.25) is 5.91 Å². The number of phenolic OH excluding ortho intramolecular Hbond substituents is 1. The van der Waals surface area contributed by atoms with Gasteiger partial charge in [0.05, 0.1) is 12.7 Å². The zero-order valence-corrected chi connectivity index (χ0v) is 20.1. The van der Waals surface area contributed by atoms with Crippen LogP contribution < -0.4 is 10.6 Å². The van der Waals surface area contributed by atoms with Crippen molar-refractivity contribution in [2.24, 2.45) is 0 Å². The second-order valence-corrected chi connectivity index (χ2v) is 8.81. The largest absolute Gasteiger partial charge is 0.508 e. The molecule has 0 saturated carbocycles. The summed E-state index contributed by atoms with van der Waals surface area (Å²) in [7, 11) is 0. The molecule has 3 amide bonds. The normalized spacial score (nSPS) is 12.6. The minimum atomic E-state index is -1.48. The van der Waals surface area contributed by atoms with Crippen LogP contribution in [0.3, 0.4) is 0 Å². The number of rotatable bonds is 8. The van der Waals surface area contributed by atoms with Crippen LogP contribution in [0.15, 0.2) is 48.5 Å². The number of nitrogens with zero attached hydrogens (tertiary/aromatic N) is 2. The van der Waals surface area contributed by atoms with Crippen LogP contribution in [0.5, 0.6) is 5.75 Å². The first-order valence-electron chi connectivity index (χ1n) is 10.9. The molecule has 0 aliphatic carbocycles. The molecule has 35 heavy (non-hydrogen) atoms. The van der Waals surface area contributed by atoms with Crippen molar-refractivity contribution < 1.29 is 29.3 Å². The molecule has 0 radical (unpaired) electrons. The molecule has 0 aliphatic heterocycles. The highest BCUT2D eigenvalue weighted by Gasteiger charge is 2.36. The molecule has 0 heterocycles. The minimum Gasteiger partial charge on any atom is -0.508 e. The fourth-order valence-electron chi connectivity index (χ4n) is 3.29. The van der Waals surface area contributed by atoms with Crippen LogP contribution in [-0.2, 0) is 14.3 Å². The number of aromatic hydroxyl groups is 1. The van der Waals surface area contributed by atoms with Crippen molar-refractivity contribution in [1.82, 2.24) is 10.2 Å². The number of para-hydroxylation sites is 1. The van der Waals surface area contributed by atoms with Gasteiger partial charge in [-0.3, -0.25) is 9.59 Å². The lowest BCUT2D eigenvalue weighted by Gasteiger charge is -2.32. The van der Waals surface area contributed by atoms with Gasteiger partial charge in [-0.1, -0.05) is 30.3 Å². The van der Waals surface area contributed by atoms with Crippen LogP contribution in [0.2, 0.25) is 0 Å². The number of carbonyl (C=O) groups is 3. The summed E-state index contributed by atoms with van der Waals surface area (Å²) in [6.07, 6.45) is -0.944. The third-order valence-electron chi connectivity index (χ3n) is 4.84. The molecule has 0 aliphatic rings. The lowest BCUT2D eigenvalue weighted by atomic mass is 10.0. The fraction of sp³-hybridized carbons (Fsp3) is 0.360. The average molecular weight is 483 g/mol. The first kappa shape index (κ1) is 27.1. The number of benzene rings is 2. The molecule has 0 fully saturated rings. The molecule has 0 bridgehead atoms. The SMILES string of the molecule is Cc1ccccc1NC(=O)C(c1cccc(O)c1)N(CC#N)C(=O)C(CO)NC(=O)OC(C)(C)C. The maximum atomic E-state index is 13.4. The van der Waals surface area contributed by atoms with E-state index in [9.17, 15) is 29.9 Å². The molecule has 2 aromatic carbocycles. The zero-order valence-electron chi connectivity index (χ0n) is 20.1. The van der Waals surface area contributed by atoms with E-state index in [4.69, 9.17) is 4.74 Å². The monoisotopic (exact) mass is 482 g/mol. The van der Waals surface area contributed by atoms with Crippen molar-refractivity contribution in [2.75, 3.05) is 18.5 Å². The Bertz CT molecular complexity index is 1110. The van der Waals surface area contributed by atoms with E-state index in [1.54, 1.807) is 52.0 Å². The highest BCUT2D eigenvalue weighted by atomic mass is 16.6. The number of amides is 3. The Labute approximate surface area is 204 Å². The summed E-state index contributed by atoms with van der Waals surface area (Å²) in [5, 5.41) is 34.3. The third kappa shape index (κ3) is 7.72. The number of hydrogen-bond donors (Lipinski definition) is 4. The fourth-order valence-corrected chi connectivity index (χ4v) is 3.29. The molecule has 0 saturated heterocycles. The predicted octanol–water partition coefficient (Wildman–Crippen LogP) is 2.62. The van der Waals surface area contributed by atoms with Gasteiger partial charge in [0.25, 0.3) is 5.91 Å². The number of nitriles is 1. The average Bonchev–Trinajstić information content (AvgIpc) is 2.77. The summed E-state index contributed by atoms with van der Waals surface area (Å²) in [6, 6.07) is 11.7. The topological polar surface area (TPSA) is 152 Å². The number of anilines is 1. The molecule has 186 valence electrons. The van der Waals surface area contributed by atoms with E-state index in [1.165, 1.54) is 24.3 Å². The van der Waals surface area contributed by atoms with Gasteiger partial charge >= 0.3 is 6.09 Å². The Balaban J connectivity index is 2.45. The minimum absolute atomic E-state index is 0.147. The van der Waals surface area contributed by atoms with Gasteiger partial charge in [0, 0.05) is 5.69 Å². The summed E-state index contributed by atoms with van der Waals surface area (Å²) >= 11 is 0. The lowest BCUT2D eigenvalue weighted by molar-refractivity contribution is -0.140. The number of aryl methyl sites for hydroxylation is 1.